The number of esters is 1. The first-order valence-corrected chi connectivity index (χ1v) is 6.81. The maximum Gasteiger partial charge on any atom is 0.414 e. The lowest BCUT2D eigenvalue weighted by atomic mass is 9.97. The Labute approximate surface area is 117 Å². The number of carbonyl (C=O) groups is 1. The maximum atomic E-state index is 12.5. The second-order valence-electron chi connectivity index (χ2n) is 5.19. The van der Waals surface area contributed by atoms with E-state index in [1.54, 1.807) is 0 Å². The average molecular weight is 297 g/mol. The van der Waals surface area contributed by atoms with E-state index in [0.717, 1.165) is 13.3 Å². The molecule has 0 amide bonds. The lowest BCUT2D eigenvalue weighted by Crippen LogP contribution is -2.51. The van der Waals surface area contributed by atoms with E-state index in [9.17, 15) is 18.0 Å². The number of hydrogen-bond acceptors (Lipinski definition) is 4. The molecule has 0 radical (unpaired) electrons. The number of ether oxygens (including phenoxy) is 2. The van der Waals surface area contributed by atoms with Crippen molar-refractivity contribution in [3.05, 3.63) is 0 Å². The van der Waals surface area contributed by atoms with E-state index in [1.165, 1.54) is 7.11 Å². The van der Waals surface area contributed by atoms with Gasteiger partial charge in [0.25, 0.3) is 0 Å². The lowest BCUT2D eigenvalue weighted by molar-refractivity contribution is -0.226. The lowest BCUT2D eigenvalue weighted by Gasteiger charge is -2.28. The molecule has 7 heteroatoms. The van der Waals surface area contributed by atoms with Crippen LogP contribution in [0.25, 0.3) is 0 Å². The zero-order valence-electron chi connectivity index (χ0n) is 12.0. The van der Waals surface area contributed by atoms with Gasteiger partial charge in [0.2, 0.25) is 0 Å². The van der Waals surface area contributed by atoms with Crippen LogP contribution in [0.1, 0.15) is 39.5 Å². The molecule has 4 nitrogen and oxygen atoms in total. The van der Waals surface area contributed by atoms with E-state index in [-0.39, 0.29) is 6.42 Å². The first kappa shape index (κ1) is 17.2. The molecule has 0 aromatic carbocycles. The molecule has 0 saturated heterocycles. The van der Waals surface area contributed by atoms with Crippen molar-refractivity contribution in [3.8, 4) is 0 Å². The van der Waals surface area contributed by atoms with Gasteiger partial charge in [-0.1, -0.05) is 6.92 Å². The molecule has 0 heterocycles. The minimum Gasteiger partial charge on any atom is -0.468 e. The molecule has 1 aliphatic rings. The molecule has 1 N–H and O–H groups in total. The molecule has 20 heavy (non-hydrogen) atoms. The van der Waals surface area contributed by atoms with Gasteiger partial charge >= 0.3 is 12.1 Å². The molecule has 0 aliphatic heterocycles. The van der Waals surface area contributed by atoms with Crippen LogP contribution in [0.4, 0.5) is 13.2 Å². The third kappa shape index (κ3) is 4.09. The summed E-state index contributed by atoms with van der Waals surface area (Å²) >= 11 is 0. The largest absolute Gasteiger partial charge is 0.468 e. The van der Waals surface area contributed by atoms with Gasteiger partial charge < -0.3 is 14.8 Å². The van der Waals surface area contributed by atoms with Crippen LogP contribution in [0, 0.1) is 0 Å². The van der Waals surface area contributed by atoms with Crippen LogP contribution in [0.3, 0.4) is 0 Å². The van der Waals surface area contributed by atoms with Gasteiger partial charge in [-0.15, -0.1) is 0 Å². The Balaban J connectivity index is 2.67. The number of halogens is 3. The molecule has 3 unspecified atom stereocenters. The molecule has 0 aromatic heterocycles. The third-order valence-corrected chi connectivity index (χ3v) is 3.62. The summed E-state index contributed by atoms with van der Waals surface area (Å²) in [6.07, 6.45) is -4.93. The third-order valence-electron chi connectivity index (χ3n) is 3.62. The first-order chi connectivity index (χ1) is 9.25. The molecule has 0 aromatic rings. The van der Waals surface area contributed by atoms with Crippen LogP contribution >= 0.6 is 0 Å². The van der Waals surface area contributed by atoms with Crippen molar-refractivity contribution in [3.63, 3.8) is 0 Å². The maximum absolute atomic E-state index is 12.5. The minimum atomic E-state index is -4.38. The van der Waals surface area contributed by atoms with Crippen molar-refractivity contribution in [2.24, 2.45) is 0 Å². The fraction of sp³-hybridized carbons (Fsp3) is 0.923. The summed E-state index contributed by atoms with van der Waals surface area (Å²) < 4.78 is 47.3. The molecule has 1 saturated carbocycles. The van der Waals surface area contributed by atoms with Crippen LogP contribution in [-0.4, -0.2) is 43.5 Å². The Kier molecular flexibility index (Phi) is 5.82. The van der Waals surface area contributed by atoms with Crippen molar-refractivity contribution in [1.29, 1.82) is 0 Å². The number of methoxy groups -OCH3 is 1. The smallest absolute Gasteiger partial charge is 0.414 e. The molecule has 1 fully saturated rings. The van der Waals surface area contributed by atoms with Gasteiger partial charge in [-0.25, -0.2) is 0 Å². The second-order valence-corrected chi connectivity index (χ2v) is 5.19. The number of hydrogen-bond donors (Lipinski definition) is 1. The van der Waals surface area contributed by atoms with Crippen molar-refractivity contribution in [1.82, 2.24) is 5.32 Å². The van der Waals surface area contributed by atoms with Gasteiger partial charge in [-0.3, -0.25) is 4.79 Å². The number of nitrogens with one attached hydrogen (secondary N) is 1. The number of rotatable bonds is 6. The Morgan fingerprint density at radius 1 is 1.50 bits per heavy atom. The molecule has 0 bridgehead atoms. The van der Waals surface area contributed by atoms with Gasteiger partial charge in [0.15, 0.2) is 6.10 Å². The van der Waals surface area contributed by atoms with Gasteiger partial charge in [-0.05, 0) is 32.7 Å². The van der Waals surface area contributed by atoms with Gasteiger partial charge in [-0.2, -0.15) is 13.2 Å². The second kappa shape index (κ2) is 6.76. The Bertz CT molecular complexity index is 335. The van der Waals surface area contributed by atoms with Crippen LogP contribution in [0.2, 0.25) is 0 Å². The summed E-state index contributed by atoms with van der Waals surface area (Å²) in [4.78, 5) is 11.9. The van der Waals surface area contributed by atoms with Gasteiger partial charge in [0.05, 0.1) is 13.2 Å². The summed E-state index contributed by atoms with van der Waals surface area (Å²) in [6.45, 7) is 3.54. The molecule has 1 rings (SSSR count). The predicted octanol–water partition coefficient (Wildman–Crippen LogP) is 2.42. The monoisotopic (exact) mass is 297 g/mol. The van der Waals surface area contributed by atoms with Gasteiger partial charge in [0.1, 0.15) is 5.54 Å². The molecular weight excluding hydrogens is 275 g/mol. The summed E-state index contributed by atoms with van der Waals surface area (Å²) in [5.41, 5.74) is -0.916. The highest BCUT2D eigenvalue weighted by Crippen LogP contribution is 2.35. The number of carbonyl (C=O) groups excluding carboxylic acids is 1. The van der Waals surface area contributed by atoms with Crippen LogP contribution in [0.15, 0.2) is 0 Å². The van der Waals surface area contributed by atoms with Crippen molar-refractivity contribution in [2.75, 3.05) is 13.7 Å². The molecule has 1 aliphatic carbocycles. The summed E-state index contributed by atoms with van der Waals surface area (Å²) in [5.74, 6) is -0.434. The van der Waals surface area contributed by atoms with E-state index < -0.39 is 29.9 Å². The quantitative estimate of drug-likeness (QED) is 0.765. The average Bonchev–Trinajstić information content (AvgIpc) is 2.79. The van der Waals surface area contributed by atoms with Gasteiger partial charge in [0, 0.05) is 6.42 Å². The molecular formula is C13H22F3NO3. The Hall–Kier alpha value is -0.820. The van der Waals surface area contributed by atoms with Crippen molar-refractivity contribution < 1.29 is 27.4 Å². The fourth-order valence-corrected chi connectivity index (χ4v) is 2.46. The summed E-state index contributed by atoms with van der Waals surface area (Å²) in [5, 5.41) is 3.10. The molecule has 118 valence electrons. The number of alkyl halides is 3. The van der Waals surface area contributed by atoms with Crippen molar-refractivity contribution in [2.45, 2.75) is 63.5 Å². The zero-order chi connectivity index (χ0) is 15.4. The standard InChI is InChI=1S/C13H22F3NO3/c1-4-7-17-12(11(18)19-3)6-5-10(8-12)20-9(2)13(14,15)16/h9-10,17H,4-8H2,1-3H3. The summed E-state index contributed by atoms with van der Waals surface area (Å²) in [7, 11) is 1.28. The van der Waals surface area contributed by atoms with E-state index in [1.807, 2.05) is 6.92 Å². The van der Waals surface area contributed by atoms with Crippen LogP contribution in [-0.2, 0) is 14.3 Å². The zero-order valence-corrected chi connectivity index (χ0v) is 12.0. The van der Waals surface area contributed by atoms with Crippen LogP contribution in [0.5, 0.6) is 0 Å². The topological polar surface area (TPSA) is 47.6 Å². The minimum absolute atomic E-state index is 0.208. The highest BCUT2D eigenvalue weighted by Gasteiger charge is 2.48. The first-order valence-electron chi connectivity index (χ1n) is 6.81. The van der Waals surface area contributed by atoms with E-state index >= 15 is 0 Å². The highest BCUT2D eigenvalue weighted by molar-refractivity contribution is 5.81. The molecule has 0 spiro atoms. The summed E-state index contributed by atoms with van der Waals surface area (Å²) in [6, 6.07) is 0. The fourth-order valence-electron chi connectivity index (χ4n) is 2.46. The van der Waals surface area contributed by atoms with E-state index in [4.69, 9.17) is 9.47 Å². The van der Waals surface area contributed by atoms with Crippen molar-refractivity contribution >= 4 is 5.97 Å². The van der Waals surface area contributed by atoms with E-state index in [0.29, 0.717) is 19.4 Å². The Morgan fingerprint density at radius 3 is 2.65 bits per heavy atom. The molecule has 3 atom stereocenters. The van der Waals surface area contributed by atoms with Crippen LogP contribution < -0.4 is 5.32 Å². The van der Waals surface area contributed by atoms with E-state index in [2.05, 4.69) is 5.32 Å². The Morgan fingerprint density at radius 2 is 2.15 bits per heavy atom. The normalized spacial score (nSPS) is 28.4. The SMILES string of the molecule is CCCNC1(C(=O)OC)CCC(OC(C)C(F)(F)F)C1. The highest BCUT2D eigenvalue weighted by atomic mass is 19.4. The predicted molar refractivity (Wildman–Crippen MR) is 67.3 cm³/mol.